The minimum Gasteiger partial charge on any atom is -0.289 e. The summed E-state index contributed by atoms with van der Waals surface area (Å²) in [6.07, 6.45) is 0. The van der Waals surface area contributed by atoms with E-state index >= 15 is 0 Å². The third kappa shape index (κ3) is 3.61. The molecule has 0 heterocycles. The fourth-order valence-electron chi connectivity index (χ4n) is 0.999. The van der Waals surface area contributed by atoms with Gasteiger partial charge < -0.3 is 0 Å². The highest BCUT2D eigenvalue weighted by molar-refractivity contribution is 14.2. The molecule has 3 heteroatoms. The smallest absolute Gasteiger partial charge is 0.251 e. The average Bonchev–Trinajstić information content (AvgIpc) is 2.19. The number of carbonyl (C=O) groups is 1. The second kappa shape index (κ2) is 5.75. The molecule has 0 spiro atoms. The molecule has 0 radical (unpaired) electrons. The van der Waals surface area contributed by atoms with Crippen LogP contribution in [0.1, 0.15) is 24.2 Å². The Kier molecular flexibility index (Phi) is 4.95. The minimum atomic E-state index is 0.168. The van der Waals surface area contributed by atoms with Gasteiger partial charge in [0.1, 0.15) is 5.25 Å². The maximum Gasteiger partial charge on any atom is 0.251 e. The van der Waals surface area contributed by atoms with Crippen molar-refractivity contribution in [3.05, 3.63) is 35.9 Å². The van der Waals surface area contributed by atoms with Gasteiger partial charge in [-0.2, -0.15) is 0 Å². The van der Waals surface area contributed by atoms with Crippen molar-refractivity contribution in [2.45, 2.75) is 19.1 Å². The lowest BCUT2D eigenvalue weighted by atomic mass is 10.2. The third-order valence-electron chi connectivity index (χ3n) is 1.88. The number of halogens is 1. The van der Waals surface area contributed by atoms with E-state index < -0.39 is 0 Å². The highest BCUT2D eigenvalue weighted by Gasteiger charge is 2.24. The lowest BCUT2D eigenvalue weighted by Gasteiger charge is -2.03. The molecule has 0 aliphatic rings. The Morgan fingerprint density at radius 3 is 2.43 bits per heavy atom. The summed E-state index contributed by atoms with van der Waals surface area (Å²) in [5, 5.41) is 0.586. The Bertz CT molecular complexity index is 297. The predicted octanol–water partition coefficient (Wildman–Crippen LogP) is 3.25. The van der Waals surface area contributed by atoms with Gasteiger partial charge in [0, 0.05) is 5.56 Å². The van der Waals surface area contributed by atoms with Crippen LogP contribution in [0, 0.1) is 0 Å². The van der Waals surface area contributed by atoms with E-state index in [2.05, 4.69) is 35.1 Å². The van der Waals surface area contributed by atoms with Gasteiger partial charge in [-0.3, -0.25) is 4.79 Å². The molecule has 0 aliphatic heterocycles. The molecule has 14 heavy (non-hydrogen) atoms. The molecule has 0 bridgehead atoms. The van der Waals surface area contributed by atoms with Crippen LogP contribution < -0.4 is 0 Å². The van der Waals surface area contributed by atoms with Crippen molar-refractivity contribution >= 4 is 35.1 Å². The van der Waals surface area contributed by atoms with E-state index in [9.17, 15) is 4.79 Å². The fraction of sp³-hybridized carbons (Fsp3) is 0.364. The average molecular weight is 321 g/mol. The Hall–Kier alpha value is -0.0300. The summed E-state index contributed by atoms with van der Waals surface area (Å²) in [6, 6.07) is 9.53. The van der Waals surface area contributed by atoms with Crippen molar-refractivity contribution in [3.63, 3.8) is 0 Å². The van der Waals surface area contributed by atoms with Gasteiger partial charge in [-0.1, -0.05) is 30.3 Å². The first-order chi connectivity index (χ1) is 6.61. The standard InChI is InChI=1S/C11H14IOS/c1-9(2)14(12)8-11(13)10-6-4-3-5-7-10/h3-7,9H,8H2,1-2H3/q+1. The van der Waals surface area contributed by atoms with Crippen molar-refractivity contribution in [1.29, 1.82) is 0 Å². The Morgan fingerprint density at radius 1 is 1.36 bits per heavy atom. The Labute approximate surface area is 100 Å². The first-order valence-electron chi connectivity index (χ1n) is 4.55. The monoisotopic (exact) mass is 321 g/mol. The van der Waals surface area contributed by atoms with E-state index in [1.807, 2.05) is 30.3 Å². The first kappa shape index (κ1) is 12.0. The van der Waals surface area contributed by atoms with Gasteiger partial charge in [-0.15, -0.1) is 0 Å². The summed E-state index contributed by atoms with van der Waals surface area (Å²) >= 11 is 2.38. The molecule has 0 saturated carbocycles. The maximum atomic E-state index is 11.8. The first-order valence-corrected chi connectivity index (χ1v) is 8.55. The second-order valence-corrected chi connectivity index (χ2v) is 8.70. The van der Waals surface area contributed by atoms with E-state index in [1.165, 1.54) is 0 Å². The van der Waals surface area contributed by atoms with Gasteiger partial charge in [0.05, 0.1) is 8.07 Å². The van der Waals surface area contributed by atoms with Crippen molar-refractivity contribution < 1.29 is 4.79 Å². The zero-order valence-corrected chi connectivity index (χ0v) is 11.3. The number of rotatable bonds is 4. The van der Waals surface area contributed by atoms with Gasteiger partial charge in [0.25, 0.3) is 21.2 Å². The van der Waals surface area contributed by atoms with Crippen LogP contribution in [0.15, 0.2) is 30.3 Å². The molecular formula is C11H14IOS+. The molecule has 0 N–H and O–H groups in total. The van der Waals surface area contributed by atoms with Crippen molar-refractivity contribution in [3.8, 4) is 0 Å². The number of hydrogen-bond acceptors (Lipinski definition) is 1. The van der Waals surface area contributed by atoms with Crippen LogP contribution in [-0.2, 0) is 8.07 Å². The largest absolute Gasteiger partial charge is 0.289 e. The summed E-state index contributed by atoms with van der Waals surface area (Å²) in [5.41, 5.74) is 0.835. The van der Waals surface area contributed by atoms with Crippen LogP contribution in [0.2, 0.25) is 0 Å². The molecule has 1 aromatic rings. The van der Waals surface area contributed by atoms with Crippen molar-refractivity contribution in [2.24, 2.45) is 0 Å². The number of Topliss-reactive ketones (excluding diaryl/α,β-unsaturated/α-hetero) is 1. The van der Waals surface area contributed by atoms with E-state index in [1.54, 1.807) is 0 Å². The highest BCUT2D eigenvalue weighted by Crippen LogP contribution is 2.16. The normalized spacial score (nSPS) is 12.9. The van der Waals surface area contributed by atoms with E-state index in [4.69, 9.17) is 0 Å². The molecule has 0 aliphatic carbocycles. The number of hydrogen-bond donors (Lipinski definition) is 0. The van der Waals surface area contributed by atoms with Crippen molar-refractivity contribution in [1.82, 2.24) is 0 Å². The van der Waals surface area contributed by atoms with E-state index in [0.29, 0.717) is 11.0 Å². The zero-order valence-electron chi connectivity index (χ0n) is 8.37. The van der Waals surface area contributed by atoms with E-state index in [0.717, 1.165) is 5.56 Å². The predicted molar refractivity (Wildman–Crippen MR) is 72.2 cm³/mol. The summed E-state index contributed by atoms with van der Waals surface area (Å²) in [6.45, 7) is 4.32. The third-order valence-corrected chi connectivity index (χ3v) is 7.42. The van der Waals surface area contributed by atoms with Crippen molar-refractivity contribution in [2.75, 3.05) is 5.75 Å². The van der Waals surface area contributed by atoms with Crippen LogP contribution in [0.5, 0.6) is 0 Å². The molecule has 0 saturated heterocycles. The molecule has 0 fully saturated rings. The summed E-state index contributed by atoms with van der Waals surface area (Å²) in [4.78, 5) is 11.8. The molecule has 1 atom stereocenters. The second-order valence-electron chi connectivity index (χ2n) is 3.35. The molecule has 0 aromatic heterocycles. The lowest BCUT2D eigenvalue weighted by molar-refractivity contribution is 0.102. The highest BCUT2D eigenvalue weighted by atomic mass is 127. The quantitative estimate of drug-likeness (QED) is 0.473. The summed E-state index contributed by atoms with van der Waals surface area (Å²) in [5.74, 6) is 0.930. The SMILES string of the molecule is CC(C)[S+](I)CC(=O)c1ccccc1. The van der Waals surface area contributed by atoms with Gasteiger partial charge in [0.15, 0.2) is 5.75 Å². The molecule has 1 rings (SSSR count). The van der Waals surface area contributed by atoms with Gasteiger partial charge in [-0.25, -0.2) is 0 Å². The van der Waals surface area contributed by atoms with Crippen LogP contribution in [0.3, 0.4) is 0 Å². The molecule has 1 aromatic carbocycles. The number of carbonyl (C=O) groups excluding carboxylic acids is 1. The molecule has 1 unspecified atom stereocenters. The van der Waals surface area contributed by atoms with E-state index in [-0.39, 0.29) is 13.8 Å². The Morgan fingerprint density at radius 2 is 1.93 bits per heavy atom. The topological polar surface area (TPSA) is 17.1 Å². The van der Waals surface area contributed by atoms with Crippen LogP contribution in [0.25, 0.3) is 0 Å². The molecule has 0 amide bonds. The number of benzene rings is 1. The van der Waals surface area contributed by atoms with Crippen LogP contribution >= 0.6 is 21.2 Å². The van der Waals surface area contributed by atoms with Gasteiger partial charge in [0.2, 0.25) is 5.78 Å². The summed E-state index contributed by atoms with van der Waals surface area (Å²) in [7, 11) is 0.168. The van der Waals surface area contributed by atoms with Gasteiger partial charge in [-0.05, 0) is 13.8 Å². The summed E-state index contributed by atoms with van der Waals surface area (Å²) < 4.78 is 0. The molecule has 76 valence electrons. The number of ketones is 1. The molecule has 1 nitrogen and oxygen atoms in total. The fourth-order valence-corrected chi connectivity index (χ4v) is 2.60. The Balaban J connectivity index is 2.60. The zero-order chi connectivity index (χ0) is 10.6. The van der Waals surface area contributed by atoms with Gasteiger partial charge >= 0.3 is 0 Å². The van der Waals surface area contributed by atoms with Crippen LogP contribution in [-0.4, -0.2) is 16.8 Å². The minimum absolute atomic E-state index is 0.168. The maximum absolute atomic E-state index is 11.8. The van der Waals surface area contributed by atoms with Crippen LogP contribution in [0.4, 0.5) is 0 Å². The molecular weight excluding hydrogens is 307 g/mol. The lowest BCUT2D eigenvalue weighted by Crippen LogP contribution is -2.18.